The molecule has 0 saturated heterocycles. The first kappa shape index (κ1) is 24.4. The lowest BCUT2D eigenvalue weighted by molar-refractivity contribution is 0.0996. The number of halogens is 1. The lowest BCUT2D eigenvalue weighted by atomic mass is 10.1. The zero-order valence-corrected chi connectivity index (χ0v) is 21.6. The summed E-state index contributed by atoms with van der Waals surface area (Å²) in [4.78, 5) is 22.8. The number of aromatic nitrogens is 3. The van der Waals surface area contributed by atoms with Gasteiger partial charge in [-0.3, -0.25) is 9.78 Å². The van der Waals surface area contributed by atoms with Crippen LogP contribution in [0.5, 0.6) is 0 Å². The molecule has 0 unspecified atom stereocenters. The van der Waals surface area contributed by atoms with Crippen molar-refractivity contribution in [2.24, 2.45) is 4.99 Å². The Bertz CT molecular complexity index is 1960. The second-order valence-electron chi connectivity index (χ2n) is 9.19. The van der Waals surface area contributed by atoms with Crippen LogP contribution in [0, 0.1) is 11.3 Å². The molecule has 2 aromatic heterocycles. The number of imidazole rings is 1. The Morgan fingerprint density at radius 1 is 0.846 bits per heavy atom. The number of rotatable bonds is 5. The molecule has 0 bridgehead atoms. The van der Waals surface area contributed by atoms with E-state index in [-0.39, 0.29) is 5.91 Å². The van der Waals surface area contributed by atoms with Crippen molar-refractivity contribution in [3.63, 3.8) is 0 Å². The van der Waals surface area contributed by atoms with Gasteiger partial charge in [-0.1, -0.05) is 66.2 Å². The zero-order chi connectivity index (χ0) is 26.8. The van der Waals surface area contributed by atoms with Gasteiger partial charge in [-0.15, -0.1) is 0 Å². The number of nitriles is 1. The molecule has 0 spiro atoms. The molecule has 0 atom stereocenters. The maximum Gasteiger partial charge on any atom is 0.280 e. The van der Waals surface area contributed by atoms with Crippen molar-refractivity contribution in [1.29, 1.82) is 5.26 Å². The van der Waals surface area contributed by atoms with Crippen molar-refractivity contribution in [3.05, 3.63) is 142 Å². The summed E-state index contributed by atoms with van der Waals surface area (Å²) in [5, 5.41) is 10.7. The van der Waals surface area contributed by atoms with Crippen LogP contribution in [0.25, 0.3) is 21.9 Å². The van der Waals surface area contributed by atoms with Gasteiger partial charge in [0.1, 0.15) is 0 Å². The SMILES string of the molecule is N#Cc1ccc(Cn2/c(=N\C(=O)c3cccc(Cl)c3)n(Cc3cccc4cccnc34)c3ccccc32)cc1. The van der Waals surface area contributed by atoms with Crippen LogP contribution >= 0.6 is 11.6 Å². The van der Waals surface area contributed by atoms with Crippen molar-refractivity contribution < 1.29 is 4.79 Å². The Kier molecular flexibility index (Phi) is 6.50. The topological polar surface area (TPSA) is 76.0 Å². The molecule has 0 radical (unpaired) electrons. The van der Waals surface area contributed by atoms with Gasteiger partial charge in [0, 0.05) is 22.2 Å². The molecule has 1 amide bonds. The van der Waals surface area contributed by atoms with Crippen molar-refractivity contribution in [3.8, 4) is 6.07 Å². The predicted octanol–water partition coefficient (Wildman–Crippen LogP) is 6.35. The minimum atomic E-state index is -0.383. The standard InChI is InChI=1S/C32H22ClN5O/c33-27-10-4-7-25(18-27)31(39)36-32-37(20-23-15-13-22(19-34)14-16-23)28-11-1-2-12-29(28)38(32)21-26-8-3-6-24-9-5-17-35-30(24)26/h1-18H,20-21H2/b36-32+. The maximum absolute atomic E-state index is 13.4. The Morgan fingerprint density at radius 2 is 1.56 bits per heavy atom. The number of amides is 1. The molecule has 0 aliphatic carbocycles. The van der Waals surface area contributed by atoms with Crippen LogP contribution in [-0.4, -0.2) is 20.0 Å². The molecule has 39 heavy (non-hydrogen) atoms. The first-order valence-electron chi connectivity index (χ1n) is 12.4. The third-order valence-electron chi connectivity index (χ3n) is 6.69. The molecule has 188 valence electrons. The number of hydrogen-bond acceptors (Lipinski definition) is 3. The monoisotopic (exact) mass is 527 g/mol. The normalized spacial score (nSPS) is 11.6. The molecule has 6 rings (SSSR count). The molecular weight excluding hydrogens is 506 g/mol. The largest absolute Gasteiger partial charge is 0.305 e. The van der Waals surface area contributed by atoms with Gasteiger partial charge in [0.25, 0.3) is 5.91 Å². The van der Waals surface area contributed by atoms with Crippen LogP contribution < -0.4 is 5.62 Å². The van der Waals surface area contributed by atoms with Gasteiger partial charge in [0.2, 0.25) is 5.62 Å². The predicted molar refractivity (Wildman–Crippen MR) is 152 cm³/mol. The van der Waals surface area contributed by atoms with Crippen LogP contribution in [0.1, 0.15) is 27.0 Å². The molecule has 7 heteroatoms. The van der Waals surface area contributed by atoms with E-state index in [2.05, 4.69) is 26.7 Å². The minimum absolute atomic E-state index is 0.383. The molecule has 0 saturated carbocycles. The summed E-state index contributed by atoms with van der Waals surface area (Å²) in [7, 11) is 0. The van der Waals surface area contributed by atoms with Crippen LogP contribution in [0.2, 0.25) is 5.02 Å². The van der Waals surface area contributed by atoms with E-state index < -0.39 is 0 Å². The smallest absolute Gasteiger partial charge is 0.280 e. The third-order valence-corrected chi connectivity index (χ3v) is 6.92. The maximum atomic E-state index is 13.4. The lowest BCUT2D eigenvalue weighted by Crippen LogP contribution is -2.28. The van der Waals surface area contributed by atoms with Crippen molar-refractivity contribution in [1.82, 2.24) is 14.1 Å². The van der Waals surface area contributed by atoms with E-state index >= 15 is 0 Å². The Balaban J connectivity index is 1.58. The number of benzene rings is 4. The highest BCUT2D eigenvalue weighted by molar-refractivity contribution is 6.31. The van der Waals surface area contributed by atoms with Gasteiger partial charge in [-0.05, 0) is 59.7 Å². The van der Waals surface area contributed by atoms with Gasteiger partial charge in [0.15, 0.2) is 0 Å². The summed E-state index contributed by atoms with van der Waals surface area (Å²) in [6.45, 7) is 0.936. The van der Waals surface area contributed by atoms with E-state index in [1.54, 1.807) is 42.6 Å². The third kappa shape index (κ3) is 4.84. The lowest BCUT2D eigenvalue weighted by Gasteiger charge is -2.09. The Hall–Kier alpha value is -4.99. The Morgan fingerprint density at radius 3 is 2.31 bits per heavy atom. The van der Waals surface area contributed by atoms with E-state index in [0.29, 0.717) is 34.9 Å². The van der Waals surface area contributed by atoms with Gasteiger partial charge >= 0.3 is 0 Å². The molecule has 4 aromatic carbocycles. The molecule has 6 aromatic rings. The summed E-state index contributed by atoms with van der Waals surface area (Å²) in [5.74, 6) is -0.383. The van der Waals surface area contributed by atoms with E-state index in [1.807, 2.05) is 65.2 Å². The summed E-state index contributed by atoms with van der Waals surface area (Å²) in [6.07, 6.45) is 1.79. The summed E-state index contributed by atoms with van der Waals surface area (Å²) in [5.41, 5.74) is 6.31. The fourth-order valence-corrected chi connectivity index (χ4v) is 5.01. The van der Waals surface area contributed by atoms with Crippen LogP contribution in [-0.2, 0) is 13.1 Å². The number of carbonyl (C=O) groups is 1. The van der Waals surface area contributed by atoms with Gasteiger partial charge < -0.3 is 9.13 Å². The number of para-hydroxylation sites is 3. The van der Waals surface area contributed by atoms with E-state index in [4.69, 9.17) is 11.6 Å². The van der Waals surface area contributed by atoms with Crippen molar-refractivity contribution >= 4 is 39.4 Å². The molecule has 2 heterocycles. The first-order valence-corrected chi connectivity index (χ1v) is 12.8. The number of carbonyl (C=O) groups excluding carboxylic acids is 1. The molecule has 0 aliphatic heterocycles. The second-order valence-corrected chi connectivity index (χ2v) is 9.63. The fourth-order valence-electron chi connectivity index (χ4n) is 4.82. The zero-order valence-electron chi connectivity index (χ0n) is 20.8. The number of fused-ring (bicyclic) bond motifs is 2. The van der Waals surface area contributed by atoms with Crippen molar-refractivity contribution in [2.75, 3.05) is 0 Å². The number of nitrogens with zero attached hydrogens (tertiary/aromatic N) is 5. The average Bonchev–Trinajstić information content (AvgIpc) is 3.25. The van der Waals surface area contributed by atoms with Crippen LogP contribution in [0.4, 0.5) is 0 Å². The summed E-state index contributed by atoms with van der Waals surface area (Å²) in [6, 6.07) is 34.5. The van der Waals surface area contributed by atoms with E-state index in [9.17, 15) is 10.1 Å². The summed E-state index contributed by atoms with van der Waals surface area (Å²) >= 11 is 6.18. The first-order chi connectivity index (χ1) is 19.1. The molecule has 0 fully saturated rings. The van der Waals surface area contributed by atoms with Gasteiger partial charge in [-0.2, -0.15) is 10.3 Å². The average molecular weight is 528 g/mol. The van der Waals surface area contributed by atoms with Crippen LogP contribution in [0.3, 0.4) is 0 Å². The van der Waals surface area contributed by atoms with E-state index in [1.165, 1.54) is 0 Å². The Labute approximate surface area is 229 Å². The number of pyridine rings is 1. The number of hydrogen-bond donors (Lipinski definition) is 0. The highest BCUT2D eigenvalue weighted by atomic mass is 35.5. The van der Waals surface area contributed by atoms with Crippen LogP contribution in [0.15, 0.2) is 114 Å². The highest BCUT2D eigenvalue weighted by Gasteiger charge is 2.16. The molecule has 6 nitrogen and oxygen atoms in total. The van der Waals surface area contributed by atoms with Gasteiger partial charge in [-0.25, -0.2) is 0 Å². The minimum Gasteiger partial charge on any atom is -0.305 e. The molecule has 0 N–H and O–H groups in total. The van der Waals surface area contributed by atoms with Crippen molar-refractivity contribution in [2.45, 2.75) is 13.1 Å². The van der Waals surface area contributed by atoms with Gasteiger partial charge in [0.05, 0.1) is 41.3 Å². The summed E-state index contributed by atoms with van der Waals surface area (Å²) < 4.78 is 4.10. The second kappa shape index (κ2) is 10.4. The van der Waals surface area contributed by atoms with E-state index in [0.717, 1.165) is 33.1 Å². The fraction of sp³-hybridized carbons (Fsp3) is 0.0625. The quantitative estimate of drug-likeness (QED) is 0.262. The molecular formula is C32H22ClN5O. The highest BCUT2D eigenvalue weighted by Crippen LogP contribution is 2.21. The molecule has 0 aliphatic rings.